The number of rotatable bonds is 11. The molecular formula is C13H29OP. The molecule has 0 aliphatic carbocycles. The molecule has 0 aliphatic rings. The molecule has 15 heavy (non-hydrogen) atoms. The molecule has 0 aromatic rings. The summed E-state index contributed by atoms with van der Waals surface area (Å²) in [7, 11) is -0.135. The van der Waals surface area contributed by atoms with Crippen LogP contribution in [0.1, 0.15) is 64.7 Å². The highest BCUT2D eigenvalue weighted by molar-refractivity contribution is 7.50. The SMILES string of the molecule is CCCCCCCCCCCOP(C)C. The zero-order chi connectivity index (χ0) is 11.4. The zero-order valence-electron chi connectivity index (χ0n) is 10.9. The monoisotopic (exact) mass is 232 g/mol. The van der Waals surface area contributed by atoms with Crippen molar-refractivity contribution < 1.29 is 4.52 Å². The first-order valence-electron chi connectivity index (χ1n) is 6.57. The minimum Gasteiger partial charge on any atom is -0.360 e. The first-order chi connectivity index (χ1) is 7.27. The summed E-state index contributed by atoms with van der Waals surface area (Å²) >= 11 is 0. The topological polar surface area (TPSA) is 9.23 Å². The van der Waals surface area contributed by atoms with Crippen molar-refractivity contribution >= 4 is 8.15 Å². The van der Waals surface area contributed by atoms with Crippen LogP contribution in [0.4, 0.5) is 0 Å². The van der Waals surface area contributed by atoms with E-state index in [9.17, 15) is 0 Å². The van der Waals surface area contributed by atoms with Gasteiger partial charge in [0, 0.05) is 8.15 Å². The Hall–Kier alpha value is 0.390. The average molecular weight is 232 g/mol. The number of hydrogen-bond donors (Lipinski definition) is 0. The molecule has 0 fully saturated rings. The highest BCUT2D eigenvalue weighted by Crippen LogP contribution is 2.25. The summed E-state index contributed by atoms with van der Waals surface area (Å²) in [6, 6.07) is 0. The van der Waals surface area contributed by atoms with E-state index in [4.69, 9.17) is 4.52 Å². The van der Waals surface area contributed by atoms with E-state index in [1.165, 1.54) is 57.8 Å². The van der Waals surface area contributed by atoms with Gasteiger partial charge in [-0.15, -0.1) is 0 Å². The van der Waals surface area contributed by atoms with Crippen LogP contribution in [0.25, 0.3) is 0 Å². The van der Waals surface area contributed by atoms with E-state index in [1.807, 2.05) is 0 Å². The highest BCUT2D eigenvalue weighted by atomic mass is 31.1. The van der Waals surface area contributed by atoms with Gasteiger partial charge in [-0.2, -0.15) is 0 Å². The molecule has 0 aliphatic heterocycles. The van der Waals surface area contributed by atoms with Crippen LogP contribution < -0.4 is 0 Å². The molecule has 0 unspecified atom stereocenters. The maximum atomic E-state index is 5.57. The van der Waals surface area contributed by atoms with Gasteiger partial charge in [0.05, 0.1) is 6.61 Å². The Morgan fingerprint density at radius 1 is 0.733 bits per heavy atom. The van der Waals surface area contributed by atoms with E-state index in [1.54, 1.807) is 0 Å². The molecule has 0 amide bonds. The molecular weight excluding hydrogens is 203 g/mol. The highest BCUT2D eigenvalue weighted by Gasteiger charge is 1.94. The standard InChI is InChI=1S/C13H29OP/c1-4-5-6-7-8-9-10-11-12-13-14-15(2)3/h4-13H2,1-3H3. The van der Waals surface area contributed by atoms with E-state index in [2.05, 4.69) is 20.3 Å². The van der Waals surface area contributed by atoms with Crippen molar-refractivity contribution in [1.29, 1.82) is 0 Å². The molecule has 92 valence electrons. The second kappa shape index (κ2) is 12.5. The van der Waals surface area contributed by atoms with Crippen molar-refractivity contribution in [2.24, 2.45) is 0 Å². The van der Waals surface area contributed by atoms with Gasteiger partial charge >= 0.3 is 0 Å². The Labute approximate surface area is 97.8 Å². The van der Waals surface area contributed by atoms with E-state index in [0.717, 1.165) is 6.61 Å². The fourth-order valence-corrected chi connectivity index (χ4v) is 2.15. The van der Waals surface area contributed by atoms with Crippen LogP contribution in [0.5, 0.6) is 0 Å². The lowest BCUT2D eigenvalue weighted by atomic mass is 10.1. The smallest absolute Gasteiger partial charge is 0.0508 e. The summed E-state index contributed by atoms with van der Waals surface area (Å²) < 4.78 is 5.57. The van der Waals surface area contributed by atoms with Crippen molar-refractivity contribution in [3.8, 4) is 0 Å². The number of hydrogen-bond acceptors (Lipinski definition) is 1. The second-order valence-corrected chi connectivity index (χ2v) is 6.36. The van der Waals surface area contributed by atoms with Crippen molar-refractivity contribution in [3.63, 3.8) is 0 Å². The molecule has 0 saturated carbocycles. The third-order valence-corrected chi connectivity index (χ3v) is 3.30. The lowest BCUT2D eigenvalue weighted by Crippen LogP contribution is -1.89. The van der Waals surface area contributed by atoms with Gasteiger partial charge in [0.25, 0.3) is 0 Å². The molecule has 0 saturated heterocycles. The van der Waals surface area contributed by atoms with Gasteiger partial charge in [0.2, 0.25) is 0 Å². The van der Waals surface area contributed by atoms with E-state index < -0.39 is 0 Å². The van der Waals surface area contributed by atoms with Crippen LogP contribution in [0, 0.1) is 0 Å². The van der Waals surface area contributed by atoms with Gasteiger partial charge in [-0.3, -0.25) is 0 Å². The quantitative estimate of drug-likeness (QED) is 0.352. The van der Waals surface area contributed by atoms with Crippen LogP contribution in [-0.2, 0) is 4.52 Å². The summed E-state index contributed by atoms with van der Waals surface area (Å²) in [4.78, 5) is 0. The number of unbranched alkanes of at least 4 members (excludes halogenated alkanes) is 8. The van der Waals surface area contributed by atoms with Gasteiger partial charge in [-0.05, 0) is 19.8 Å². The molecule has 0 aromatic heterocycles. The Balaban J connectivity index is 2.87. The van der Waals surface area contributed by atoms with Crippen molar-refractivity contribution in [3.05, 3.63) is 0 Å². The van der Waals surface area contributed by atoms with Gasteiger partial charge in [0.15, 0.2) is 0 Å². The van der Waals surface area contributed by atoms with E-state index >= 15 is 0 Å². The molecule has 2 heteroatoms. The predicted octanol–water partition coefficient (Wildman–Crippen LogP) is 5.19. The normalized spacial score (nSPS) is 11.2. The first kappa shape index (κ1) is 15.4. The first-order valence-corrected chi connectivity index (χ1v) is 8.73. The van der Waals surface area contributed by atoms with Crippen LogP contribution in [0.3, 0.4) is 0 Å². The Bertz CT molecular complexity index is 115. The lowest BCUT2D eigenvalue weighted by molar-refractivity contribution is 0.339. The molecule has 0 N–H and O–H groups in total. The minimum atomic E-state index is -0.135. The maximum absolute atomic E-state index is 5.57. The molecule has 0 aromatic carbocycles. The van der Waals surface area contributed by atoms with Crippen LogP contribution >= 0.6 is 8.15 Å². The Morgan fingerprint density at radius 2 is 1.20 bits per heavy atom. The van der Waals surface area contributed by atoms with Gasteiger partial charge in [0.1, 0.15) is 0 Å². The predicted molar refractivity (Wildman–Crippen MR) is 71.9 cm³/mol. The van der Waals surface area contributed by atoms with Crippen molar-refractivity contribution in [2.45, 2.75) is 64.7 Å². The molecule has 0 bridgehead atoms. The summed E-state index contributed by atoms with van der Waals surface area (Å²) in [5.74, 6) is 0. The Kier molecular flexibility index (Phi) is 12.8. The van der Waals surface area contributed by atoms with Crippen LogP contribution in [0.15, 0.2) is 0 Å². The third kappa shape index (κ3) is 14.4. The van der Waals surface area contributed by atoms with Crippen LogP contribution in [-0.4, -0.2) is 19.9 Å². The molecule has 0 rings (SSSR count). The van der Waals surface area contributed by atoms with Gasteiger partial charge in [-0.1, -0.05) is 58.3 Å². The summed E-state index contributed by atoms with van der Waals surface area (Å²) in [6.07, 6.45) is 12.5. The second-order valence-electron chi connectivity index (χ2n) is 4.47. The molecule has 0 spiro atoms. The summed E-state index contributed by atoms with van der Waals surface area (Å²) in [5.41, 5.74) is 0. The van der Waals surface area contributed by atoms with Gasteiger partial charge in [-0.25, -0.2) is 0 Å². The zero-order valence-corrected chi connectivity index (χ0v) is 11.8. The largest absolute Gasteiger partial charge is 0.360 e. The average Bonchev–Trinajstić information content (AvgIpc) is 2.20. The van der Waals surface area contributed by atoms with Gasteiger partial charge < -0.3 is 4.52 Å². The summed E-state index contributed by atoms with van der Waals surface area (Å²) in [6.45, 7) is 7.59. The van der Waals surface area contributed by atoms with Crippen molar-refractivity contribution in [1.82, 2.24) is 0 Å². The van der Waals surface area contributed by atoms with Crippen LogP contribution in [0.2, 0.25) is 0 Å². The minimum absolute atomic E-state index is 0.135. The fraction of sp³-hybridized carbons (Fsp3) is 1.00. The Morgan fingerprint density at radius 3 is 1.67 bits per heavy atom. The maximum Gasteiger partial charge on any atom is 0.0508 e. The fourth-order valence-electron chi connectivity index (χ4n) is 1.66. The molecule has 0 radical (unpaired) electrons. The lowest BCUT2D eigenvalue weighted by Gasteiger charge is -2.06. The van der Waals surface area contributed by atoms with E-state index in [0.29, 0.717) is 0 Å². The summed E-state index contributed by atoms with van der Waals surface area (Å²) in [5, 5.41) is 0. The molecule has 1 nitrogen and oxygen atoms in total. The molecule has 0 heterocycles. The molecule has 0 atom stereocenters. The third-order valence-electron chi connectivity index (χ3n) is 2.60. The van der Waals surface area contributed by atoms with Crippen molar-refractivity contribution in [2.75, 3.05) is 19.9 Å². The van der Waals surface area contributed by atoms with E-state index in [-0.39, 0.29) is 8.15 Å².